The third-order valence-electron chi connectivity index (χ3n) is 2.53. The highest BCUT2D eigenvalue weighted by atomic mass is 32.2. The van der Waals surface area contributed by atoms with E-state index >= 15 is 0 Å². The van der Waals surface area contributed by atoms with Crippen molar-refractivity contribution in [1.82, 2.24) is 9.78 Å². The maximum absolute atomic E-state index is 11.1. The van der Waals surface area contributed by atoms with Gasteiger partial charge in [0.15, 0.2) is 0 Å². The molecule has 0 saturated carbocycles. The number of benzene rings is 1. The van der Waals surface area contributed by atoms with Gasteiger partial charge in [-0.25, -0.2) is 13.6 Å². The van der Waals surface area contributed by atoms with Crippen LogP contribution in [0, 0.1) is 6.92 Å². The molecule has 0 fully saturated rings. The Labute approximate surface area is 99.9 Å². The average Bonchev–Trinajstić information content (AvgIpc) is 2.69. The van der Waals surface area contributed by atoms with Crippen molar-refractivity contribution in [3.8, 4) is 0 Å². The van der Waals surface area contributed by atoms with Gasteiger partial charge in [-0.1, -0.05) is 24.3 Å². The van der Waals surface area contributed by atoms with Gasteiger partial charge >= 0.3 is 0 Å². The molecule has 0 spiro atoms. The molecule has 0 bridgehead atoms. The van der Waals surface area contributed by atoms with E-state index in [1.165, 1.54) is 12.4 Å². The summed E-state index contributed by atoms with van der Waals surface area (Å²) < 4.78 is 23.7. The quantitative estimate of drug-likeness (QED) is 0.879. The molecule has 1 heterocycles. The van der Waals surface area contributed by atoms with Crippen molar-refractivity contribution < 1.29 is 8.42 Å². The summed E-state index contributed by atoms with van der Waals surface area (Å²) in [6, 6.07) is 7.87. The number of nitrogens with zero attached hydrogens (tertiary/aromatic N) is 2. The van der Waals surface area contributed by atoms with Crippen LogP contribution >= 0.6 is 0 Å². The Morgan fingerprint density at radius 1 is 1.35 bits per heavy atom. The molecule has 5 nitrogen and oxygen atoms in total. The van der Waals surface area contributed by atoms with Crippen LogP contribution in [-0.4, -0.2) is 18.2 Å². The summed E-state index contributed by atoms with van der Waals surface area (Å²) >= 11 is 0. The van der Waals surface area contributed by atoms with Gasteiger partial charge in [-0.2, -0.15) is 5.10 Å². The van der Waals surface area contributed by atoms with E-state index < -0.39 is 10.0 Å². The average molecular weight is 251 g/mol. The van der Waals surface area contributed by atoms with Crippen LogP contribution in [0.15, 0.2) is 41.6 Å². The van der Waals surface area contributed by atoms with Crippen LogP contribution in [0.5, 0.6) is 0 Å². The van der Waals surface area contributed by atoms with Gasteiger partial charge in [-0.3, -0.25) is 4.68 Å². The minimum absolute atomic E-state index is 0.0334. The summed E-state index contributed by atoms with van der Waals surface area (Å²) in [6.45, 7) is 2.53. The highest BCUT2D eigenvalue weighted by Crippen LogP contribution is 2.10. The Balaban J connectivity index is 2.26. The van der Waals surface area contributed by atoms with Crippen molar-refractivity contribution >= 4 is 10.0 Å². The second-order valence-electron chi connectivity index (χ2n) is 3.85. The Hall–Kier alpha value is -1.66. The van der Waals surface area contributed by atoms with E-state index in [9.17, 15) is 8.42 Å². The summed E-state index contributed by atoms with van der Waals surface area (Å²) in [4.78, 5) is 0.0334. The summed E-state index contributed by atoms with van der Waals surface area (Å²) in [5.41, 5.74) is 2.23. The molecule has 17 heavy (non-hydrogen) atoms. The largest absolute Gasteiger partial charge is 0.267 e. The number of aryl methyl sites for hydroxylation is 1. The number of primary sulfonamides is 1. The Morgan fingerprint density at radius 2 is 2.06 bits per heavy atom. The minimum Gasteiger partial charge on any atom is -0.267 e. The zero-order valence-corrected chi connectivity index (χ0v) is 10.2. The van der Waals surface area contributed by atoms with E-state index in [0.29, 0.717) is 6.54 Å². The van der Waals surface area contributed by atoms with E-state index in [-0.39, 0.29) is 4.90 Å². The van der Waals surface area contributed by atoms with Crippen LogP contribution in [0.25, 0.3) is 0 Å². The van der Waals surface area contributed by atoms with Gasteiger partial charge < -0.3 is 0 Å². The van der Waals surface area contributed by atoms with Crippen LogP contribution in [0.2, 0.25) is 0 Å². The van der Waals surface area contributed by atoms with Crippen molar-refractivity contribution in [3.63, 3.8) is 0 Å². The lowest BCUT2D eigenvalue weighted by atomic mass is 10.1. The predicted molar refractivity (Wildman–Crippen MR) is 63.9 cm³/mol. The SMILES string of the molecule is Cc1ccccc1Cn1cc(S(N)(=O)=O)cn1. The molecule has 0 unspecified atom stereocenters. The molecule has 0 saturated heterocycles. The lowest BCUT2D eigenvalue weighted by Crippen LogP contribution is -2.11. The monoisotopic (exact) mass is 251 g/mol. The van der Waals surface area contributed by atoms with Crippen LogP contribution in [-0.2, 0) is 16.6 Å². The number of hydrogen-bond donors (Lipinski definition) is 1. The van der Waals surface area contributed by atoms with Crippen molar-refractivity contribution in [1.29, 1.82) is 0 Å². The zero-order chi connectivity index (χ0) is 12.5. The van der Waals surface area contributed by atoms with Crippen molar-refractivity contribution in [3.05, 3.63) is 47.8 Å². The minimum atomic E-state index is -3.67. The number of rotatable bonds is 3. The third-order valence-corrected chi connectivity index (χ3v) is 3.40. The molecule has 2 N–H and O–H groups in total. The number of hydrogen-bond acceptors (Lipinski definition) is 3. The number of nitrogens with two attached hydrogens (primary N) is 1. The highest BCUT2D eigenvalue weighted by Gasteiger charge is 2.10. The van der Waals surface area contributed by atoms with Gasteiger partial charge in [0.05, 0.1) is 12.7 Å². The molecule has 0 atom stereocenters. The number of aromatic nitrogens is 2. The van der Waals surface area contributed by atoms with Gasteiger partial charge in [-0.05, 0) is 18.1 Å². The fourth-order valence-corrected chi connectivity index (χ4v) is 2.00. The molecule has 0 amide bonds. The molecule has 0 aliphatic carbocycles. The van der Waals surface area contributed by atoms with E-state index in [4.69, 9.17) is 5.14 Å². The van der Waals surface area contributed by atoms with Crippen LogP contribution in [0.3, 0.4) is 0 Å². The Kier molecular flexibility index (Phi) is 2.99. The van der Waals surface area contributed by atoms with Crippen molar-refractivity contribution in [2.45, 2.75) is 18.4 Å². The second kappa shape index (κ2) is 4.31. The first-order chi connectivity index (χ1) is 7.97. The fraction of sp³-hybridized carbons (Fsp3) is 0.182. The topological polar surface area (TPSA) is 78.0 Å². The first kappa shape index (κ1) is 11.8. The zero-order valence-electron chi connectivity index (χ0n) is 9.37. The maximum atomic E-state index is 11.1. The molecule has 0 aliphatic rings. The summed E-state index contributed by atoms with van der Waals surface area (Å²) in [7, 11) is -3.67. The van der Waals surface area contributed by atoms with Gasteiger partial charge in [0.1, 0.15) is 4.90 Å². The van der Waals surface area contributed by atoms with Gasteiger partial charge in [0.2, 0.25) is 10.0 Å². The molecule has 90 valence electrons. The fourth-order valence-electron chi connectivity index (χ4n) is 1.54. The lowest BCUT2D eigenvalue weighted by Gasteiger charge is -2.04. The molecule has 0 radical (unpaired) electrons. The van der Waals surface area contributed by atoms with E-state index in [2.05, 4.69) is 5.10 Å². The first-order valence-corrected chi connectivity index (χ1v) is 6.61. The summed E-state index contributed by atoms with van der Waals surface area (Å²) in [5.74, 6) is 0. The molecule has 0 aliphatic heterocycles. The van der Waals surface area contributed by atoms with Crippen LogP contribution < -0.4 is 5.14 Å². The molecule has 2 rings (SSSR count). The maximum Gasteiger partial charge on any atom is 0.241 e. The lowest BCUT2D eigenvalue weighted by molar-refractivity contribution is 0.597. The van der Waals surface area contributed by atoms with E-state index in [1.807, 2.05) is 31.2 Å². The Bertz CT molecular complexity index is 632. The molecule has 6 heteroatoms. The van der Waals surface area contributed by atoms with Crippen molar-refractivity contribution in [2.24, 2.45) is 5.14 Å². The normalized spacial score (nSPS) is 11.6. The smallest absolute Gasteiger partial charge is 0.241 e. The van der Waals surface area contributed by atoms with Crippen LogP contribution in [0.1, 0.15) is 11.1 Å². The first-order valence-electron chi connectivity index (χ1n) is 5.06. The standard InChI is InChI=1S/C11H13N3O2S/c1-9-4-2-3-5-10(9)7-14-8-11(6-13-14)17(12,15)16/h2-6,8H,7H2,1H3,(H2,12,15,16). The van der Waals surface area contributed by atoms with E-state index in [1.54, 1.807) is 4.68 Å². The van der Waals surface area contributed by atoms with Gasteiger partial charge in [0, 0.05) is 6.20 Å². The third kappa shape index (κ3) is 2.72. The summed E-state index contributed by atoms with van der Waals surface area (Å²) in [6.07, 6.45) is 2.69. The predicted octanol–water partition coefficient (Wildman–Crippen LogP) is 0.887. The molecule has 1 aromatic carbocycles. The second-order valence-corrected chi connectivity index (χ2v) is 5.41. The summed E-state index contributed by atoms with van der Waals surface area (Å²) in [5, 5.41) is 8.99. The molecule has 1 aromatic heterocycles. The number of sulfonamides is 1. The molecular weight excluding hydrogens is 238 g/mol. The molecular formula is C11H13N3O2S. The van der Waals surface area contributed by atoms with Gasteiger partial charge in [-0.15, -0.1) is 0 Å². The van der Waals surface area contributed by atoms with Crippen molar-refractivity contribution in [2.75, 3.05) is 0 Å². The van der Waals surface area contributed by atoms with Crippen LogP contribution in [0.4, 0.5) is 0 Å². The highest BCUT2D eigenvalue weighted by molar-refractivity contribution is 7.89. The Morgan fingerprint density at radius 3 is 2.65 bits per heavy atom. The van der Waals surface area contributed by atoms with Gasteiger partial charge in [0.25, 0.3) is 0 Å². The van der Waals surface area contributed by atoms with E-state index in [0.717, 1.165) is 11.1 Å². The molecule has 2 aromatic rings.